The molecule has 2 aromatic rings. The van der Waals surface area contributed by atoms with Crippen molar-refractivity contribution >= 4 is 16.7 Å². The second-order valence-corrected chi connectivity index (χ2v) is 5.53. The first-order chi connectivity index (χ1) is 9.11. The average molecular weight is 260 g/mol. The molecule has 3 rings (SSSR count). The second-order valence-electron chi connectivity index (χ2n) is 5.53. The maximum atomic E-state index is 9.91. The summed E-state index contributed by atoms with van der Waals surface area (Å²) in [5.74, 6) is 1.33. The molecule has 0 radical (unpaired) electrons. The van der Waals surface area contributed by atoms with Crippen LogP contribution < -0.4 is 5.73 Å². The fourth-order valence-corrected chi connectivity index (χ4v) is 2.62. The topological polar surface area (TPSA) is 78.2 Å². The number of nitrogen functional groups attached to an aromatic ring is 1. The molecule has 0 aliphatic carbocycles. The van der Waals surface area contributed by atoms with Gasteiger partial charge in [0.15, 0.2) is 0 Å². The Hall–Kier alpha value is -1.59. The summed E-state index contributed by atoms with van der Waals surface area (Å²) in [6.45, 7) is 4.59. The number of aliphatic hydroxyl groups excluding tert-OH is 1. The number of β-amino-alcohol motifs (C(OH)–C–C–N with tert-alkyl or cyclic N) is 1. The Kier molecular flexibility index (Phi) is 3.16. The molecule has 0 amide bonds. The number of aromatic nitrogens is 2. The predicted molar refractivity (Wildman–Crippen MR) is 75.6 cm³/mol. The number of H-pyrrole nitrogens is 1. The molecule has 4 N–H and O–H groups in total. The van der Waals surface area contributed by atoms with E-state index in [2.05, 4.69) is 21.8 Å². The van der Waals surface area contributed by atoms with Gasteiger partial charge in [-0.1, -0.05) is 6.92 Å². The van der Waals surface area contributed by atoms with Gasteiger partial charge in [0.05, 0.1) is 23.7 Å². The van der Waals surface area contributed by atoms with E-state index in [0.717, 1.165) is 48.6 Å². The van der Waals surface area contributed by atoms with Crippen LogP contribution in [0.5, 0.6) is 0 Å². The Morgan fingerprint density at radius 3 is 3.16 bits per heavy atom. The van der Waals surface area contributed by atoms with Crippen molar-refractivity contribution in [2.75, 3.05) is 18.8 Å². The summed E-state index contributed by atoms with van der Waals surface area (Å²) >= 11 is 0. The summed E-state index contributed by atoms with van der Waals surface area (Å²) in [5.41, 5.74) is 8.41. The van der Waals surface area contributed by atoms with Gasteiger partial charge in [-0.2, -0.15) is 0 Å². The fraction of sp³-hybridized carbons (Fsp3) is 0.500. The van der Waals surface area contributed by atoms with Crippen molar-refractivity contribution in [3.05, 3.63) is 24.0 Å². The Balaban J connectivity index is 1.74. The maximum absolute atomic E-state index is 9.91. The lowest BCUT2D eigenvalue weighted by atomic mass is 9.96. The summed E-state index contributed by atoms with van der Waals surface area (Å²) in [4.78, 5) is 10.1. The van der Waals surface area contributed by atoms with Crippen molar-refractivity contribution in [2.24, 2.45) is 5.92 Å². The molecule has 5 nitrogen and oxygen atoms in total. The van der Waals surface area contributed by atoms with Crippen molar-refractivity contribution < 1.29 is 5.11 Å². The van der Waals surface area contributed by atoms with Crippen LogP contribution >= 0.6 is 0 Å². The number of hydrogen-bond donors (Lipinski definition) is 3. The predicted octanol–water partition coefficient (Wildman–Crippen LogP) is 1.35. The number of aromatic amines is 1. The average Bonchev–Trinajstić information content (AvgIpc) is 2.75. The smallest absolute Gasteiger partial charge is 0.121 e. The molecule has 1 fully saturated rings. The number of nitrogens with zero attached hydrogens (tertiary/aromatic N) is 2. The Morgan fingerprint density at radius 2 is 2.37 bits per heavy atom. The zero-order chi connectivity index (χ0) is 13.4. The first-order valence-electron chi connectivity index (χ1n) is 6.76. The minimum atomic E-state index is -0.228. The van der Waals surface area contributed by atoms with Gasteiger partial charge in [0.2, 0.25) is 0 Å². The zero-order valence-corrected chi connectivity index (χ0v) is 11.1. The van der Waals surface area contributed by atoms with E-state index in [-0.39, 0.29) is 6.10 Å². The zero-order valence-electron chi connectivity index (χ0n) is 11.1. The third kappa shape index (κ3) is 2.57. The monoisotopic (exact) mass is 260 g/mol. The highest BCUT2D eigenvalue weighted by Crippen LogP contribution is 2.20. The molecule has 2 atom stereocenters. The molecule has 1 aromatic heterocycles. The summed E-state index contributed by atoms with van der Waals surface area (Å²) in [6, 6.07) is 5.69. The lowest BCUT2D eigenvalue weighted by molar-refractivity contribution is 0.0250. The lowest BCUT2D eigenvalue weighted by Gasteiger charge is -2.33. The number of benzene rings is 1. The van der Waals surface area contributed by atoms with Crippen LogP contribution in [0.3, 0.4) is 0 Å². The van der Waals surface area contributed by atoms with Crippen LogP contribution in [0.15, 0.2) is 18.2 Å². The molecule has 5 heteroatoms. The van der Waals surface area contributed by atoms with Crippen molar-refractivity contribution in [1.29, 1.82) is 0 Å². The normalized spacial score (nSPS) is 24.9. The van der Waals surface area contributed by atoms with Gasteiger partial charge < -0.3 is 15.8 Å². The molecule has 0 saturated carbocycles. The Bertz CT molecular complexity index is 580. The molecular formula is C14H20N4O. The Labute approximate surface area is 112 Å². The second kappa shape index (κ2) is 4.83. The number of hydrogen-bond acceptors (Lipinski definition) is 4. The van der Waals surface area contributed by atoms with Crippen LogP contribution in [-0.4, -0.2) is 39.2 Å². The van der Waals surface area contributed by atoms with E-state index in [1.54, 1.807) is 0 Å². The number of piperidine rings is 1. The Morgan fingerprint density at radius 1 is 1.53 bits per heavy atom. The minimum Gasteiger partial charge on any atom is -0.399 e. The maximum Gasteiger partial charge on any atom is 0.121 e. The number of aliphatic hydroxyl groups is 1. The number of nitrogens with one attached hydrogen (secondary N) is 1. The number of likely N-dealkylation sites (tertiary alicyclic amines) is 1. The van der Waals surface area contributed by atoms with E-state index >= 15 is 0 Å². The third-order valence-electron chi connectivity index (χ3n) is 3.93. The summed E-state index contributed by atoms with van der Waals surface area (Å²) in [5, 5.41) is 9.91. The summed E-state index contributed by atoms with van der Waals surface area (Å²) in [6.07, 6.45) is 0.808. The van der Waals surface area contributed by atoms with Gasteiger partial charge in [-0.3, -0.25) is 4.90 Å². The SMILES string of the molecule is CC1CCN(Cc2nc3ccc(N)cc3[nH]2)CC1O. The van der Waals surface area contributed by atoms with E-state index in [1.807, 2.05) is 18.2 Å². The van der Waals surface area contributed by atoms with E-state index in [9.17, 15) is 5.11 Å². The summed E-state index contributed by atoms with van der Waals surface area (Å²) < 4.78 is 0. The molecule has 0 bridgehead atoms. The van der Waals surface area contributed by atoms with Gasteiger partial charge in [-0.15, -0.1) is 0 Å². The first kappa shape index (κ1) is 12.4. The molecule has 102 valence electrons. The van der Waals surface area contributed by atoms with Crippen LogP contribution in [0.4, 0.5) is 5.69 Å². The minimum absolute atomic E-state index is 0.228. The van der Waals surface area contributed by atoms with Gasteiger partial charge in [0.1, 0.15) is 5.82 Å². The number of rotatable bonds is 2. The third-order valence-corrected chi connectivity index (χ3v) is 3.93. The van der Waals surface area contributed by atoms with Gasteiger partial charge in [-0.05, 0) is 37.1 Å². The van der Waals surface area contributed by atoms with E-state index in [1.165, 1.54) is 0 Å². The standard InChI is InChI=1S/C14H20N4O/c1-9-4-5-18(7-13(9)19)8-14-16-11-3-2-10(15)6-12(11)17-14/h2-3,6,9,13,19H,4-5,7-8,15H2,1H3,(H,16,17). The van der Waals surface area contributed by atoms with Crippen LogP contribution in [0.25, 0.3) is 11.0 Å². The van der Waals surface area contributed by atoms with Crippen molar-refractivity contribution in [1.82, 2.24) is 14.9 Å². The highest BCUT2D eigenvalue weighted by atomic mass is 16.3. The van der Waals surface area contributed by atoms with Gasteiger partial charge in [-0.25, -0.2) is 4.98 Å². The van der Waals surface area contributed by atoms with Crippen LogP contribution in [0.1, 0.15) is 19.2 Å². The van der Waals surface area contributed by atoms with Crippen molar-refractivity contribution in [3.63, 3.8) is 0 Å². The largest absolute Gasteiger partial charge is 0.399 e. The fourth-order valence-electron chi connectivity index (χ4n) is 2.62. The molecule has 1 aliphatic heterocycles. The molecule has 1 aromatic carbocycles. The van der Waals surface area contributed by atoms with Crippen LogP contribution in [-0.2, 0) is 6.54 Å². The van der Waals surface area contributed by atoms with Crippen molar-refractivity contribution in [2.45, 2.75) is 26.0 Å². The van der Waals surface area contributed by atoms with Gasteiger partial charge >= 0.3 is 0 Å². The summed E-state index contributed by atoms with van der Waals surface area (Å²) in [7, 11) is 0. The van der Waals surface area contributed by atoms with E-state index in [4.69, 9.17) is 5.73 Å². The van der Waals surface area contributed by atoms with Crippen LogP contribution in [0.2, 0.25) is 0 Å². The highest BCUT2D eigenvalue weighted by molar-refractivity contribution is 5.78. The first-order valence-corrected chi connectivity index (χ1v) is 6.76. The molecule has 2 heterocycles. The van der Waals surface area contributed by atoms with Gasteiger partial charge in [0.25, 0.3) is 0 Å². The molecular weight excluding hydrogens is 240 g/mol. The van der Waals surface area contributed by atoms with Crippen LogP contribution in [0, 0.1) is 5.92 Å². The molecule has 0 spiro atoms. The molecule has 1 aliphatic rings. The number of anilines is 1. The van der Waals surface area contributed by atoms with Crippen molar-refractivity contribution in [3.8, 4) is 0 Å². The van der Waals surface area contributed by atoms with E-state index < -0.39 is 0 Å². The van der Waals surface area contributed by atoms with Gasteiger partial charge in [0, 0.05) is 12.2 Å². The molecule has 2 unspecified atom stereocenters. The highest BCUT2D eigenvalue weighted by Gasteiger charge is 2.24. The molecule has 1 saturated heterocycles. The number of imidazole rings is 1. The number of nitrogens with two attached hydrogens (primary N) is 1. The molecule has 19 heavy (non-hydrogen) atoms. The number of fused-ring (bicyclic) bond motifs is 1. The lowest BCUT2D eigenvalue weighted by Crippen LogP contribution is -2.42. The quantitative estimate of drug-likeness (QED) is 0.712. The van der Waals surface area contributed by atoms with E-state index in [0.29, 0.717) is 5.92 Å².